The lowest BCUT2D eigenvalue weighted by molar-refractivity contribution is 0.184. The van der Waals surface area contributed by atoms with Crippen molar-refractivity contribution in [1.29, 1.82) is 0 Å². The van der Waals surface area contributed by atoms with Crippen molar-refractivity contribution in [3.8, 4) is 0 Å². The molecule has 0 radical (unpaired) electrons. The summed E-state index contributed by atoms with van der Waals surface area (Å²) in [5.74, 6) is 0. The topological polar surface area (TPSA) is 3.24 Å². The summed E-state index contributed by atoms with van der Waals surface area (Å²) in [6, 6.07) is 1.89. The second kappa shape index (κ2) is 3.27. The van der Waals surface area contributed by atoms with Gasteiger partial charge in [0.05, 0.1) is 0 Å². The zero-order chi connectivity index (χ0) is 9.47. The average Bonchev–Trinajstić information content (AvgIpc) is 2.72. The van der Waals surface area contributed by atoms with Gasteiger partial charge in [-0.2, -0.15) is 0 Å². The Kier molecular flexibility index (Phi) is 2.39. The SMILES string of the molecule is CC(C)(C)C[C@H]1CCCN1C1CC1. The normalized spacial score (nSPS) is 31.2. The van der Waals surface area contributed by atoms with Crippen LogP contribution >= 0.6 is 0 Å². The first-order valence-corrected chi connectivity index (χ1v) is 5.82. The third-order valence-electron chi connectivity index (χ3n) is 3.29. The molecule has 1 saturated heterocycles. The van der Waals surface area contributed by atoms with Crippen LogP contribution in [0.2, 0.25) is 0 Å². The summed E-state index contributed by atoms with van der Waals surface area (Å²) in [6.07, 6.45) is 7.23. The van der Waals surface area contributed by atoms with E-state index >= 15 is 0 Å². The molecule has 1 atom stereocenters. The molecule has 0 N–H and O–H groups in total. The van der Waals surface area contributed by atoms with Crippen LogP contribution in [0, 0.1) is 5.41 Å². The molecule has 13 heavy (non-hydrogen) atoms. The van der Waals surface area contributed by atoms with E-state index in [1.54, 1.807) is 0 Å². The highest BCUT2D eigenvalue weighted by Gasteiger charge is 2.37. The van der Waals surface area contributed by atoms with E-state index in [1.807, 2.05) is 0 Å². The third kappa shape index (κ3) is 2.46. The summed E-state index contributed by atoms with van der Waals surface area (Å²) in [6.45, 7) is 8.49. The summed E-state index contributed by atoms with van der Waals surface area (Å²) in [4.78, 5) is 2.78. The molecule has 1 nitrogen and oxygen atoms in total. The molecular formula is C12H23N. The third-order valence-corrected chi connectivity index (χ3v) is 3.29. The zero-order valence-corrected chi connectivity index (χ0v) is 9.34. The first-order valence-electron chi connectivity index (χ1n) is 5.82. The largest absolute Gasteiger partial charge is 0.297 e. The molecule has 2 rings (SSSR count). The van der Waals surface area contributed by atoms with Crippen LogP contribution in [0.1, 0.15) is 52.9 Å². The molecule has 0 aromatic carbocycles. The Hall–Kier alpha value is -0.0400. The highest BCUT2D eigenvalue weighted by molar-refractivity contribution is 4.93. The van der Waals surface area contributed by atoms with Crippen LogP contribution in [-0.4, -0.2) is 23.5 Å². The number of hydrogen-bond donors (Lipinski definition) is 0. The van der Waals surface area contributed by atoms with Crippen molar-refractivity contribution in [2.45, 2.75) is 65.0 Å². The van der Waals surface area contributed by atoms with Crippen molar-refractivity contribution >= 4 is 0 Å². The van der Waals surface area contributed by atoms with Gasteiger partial charge in [0.25, 0.3) is 0 Å². The van der Waals surface area contributed by atoms with Gasteiger partial charge in [-0.15, -0.1) is 0 Å². The van der Waals surface area contributed by atoms with Crippen LogP contribution in [0.3, 0.4) is 0 Å². The molecule has 1 heteroatoms. The first-order chi connectivity index (χ1) is 6.06. The Bertz CT molecular complexity index is 176. The van der Waals surface area contributed by atoms with Gasteiger partial charge in [0, 0.05) is 12.1 Å². The van der Waals surface area contributed by atoms with E-state index in [2.05, 4.69) is 25.7 Å². The van der Waals surface area contributed by atoms with Gasteiger partial charge in [-0.3, -0.25) is 4.90 Å². The standard InChI is InChI=1S/C12H23N/c1-12(2,3)9-11-5-4-8-13(11)10-6-7-10/h10-11H,4-9H2,1-3H3/t11-/m1/s1. The van der Waals surface area contributed by atoms with Crippen molar-refractivity contribution in [2.24, 2.45) is 5.41 Å². The van der Waals surface area contributed by atoms with Gasteiger partial charge in [-0.25, -0.2) is 0 Å². The molecule has 0 unspecified atom stereocenters. The van der Waals surface area contributed by atoms with Gasteiger partial charge in [0.15, 0.2) is 0 Å². The van der Waals surface area contributed by atoms with Crippen LogP contribution in [0.15, 0.2) is 0 Å². The zero-order valence-electron chi connectivity index (χ0n) is 9.34. The predicted molar refractivity (Wildman–Crippen MR) is 56.8 cm³/mol. The lowest BCUT2D eigenvalue weighted by Crippen LogP contribution is -2.34. The minimum absolute atomic E-state index is 0.516. The molecule has 1 saturated carbocycles. The molecule has 0 bridgehead atoms. The molecule has 1 heterocycles. The number of hydrogen-bond acceptors (Lipinski definition) is 1. The maximum Gasteiger partial charge on any atom is 0.0104 e. The van der Waals surface area contributed by atoms with E-state index in [9.17, 15) is 0 Å². The molecule has 0 aromatic rings. The highest BCUT2D eigenvalue weighted by Crippen LogP contribution is 2.37. The Labute approximate surface area is 82.5 Å². The van der Waals surface area contributed by atoms with Crippen molar-refractivity contribution in [3.05, 3.63) is 0 Å². The molecule has 2 fully saturated rings. The molecule has 0 amide bonds. The van der Waals surface area contributed by atoms with Gasteiger partial charge in [-0.05, 0) is 44.1 Å². The Morgan fingerprint density at radius 2 is 1.85 bits per heavy atom. The van der Waals surface area contributed by atoms with Gasteiger partial charge < -0.3 is 0 Å². The number of likely N-dealkylation sites (tertiary alicyclic amines) is 1. The molecule has 2 aliphatic rings. The fraction of sp³-hybridized carbons (Fsp3) is 1.00. The second-order valence-electron chi connectivity index (χ2n) is 6.03. The van der Waals surface area contributed by atoms with Crippen LogP contribution in [-0.2, 0) is 0 Å². The smallest absolute Gasteiger partial charge is 0.0104 e. The summed E-state index contributed by atoms with van der Waals surface area (Å²) in [5, 5.41) is 0. The lowest BCUT2D eigenvalue weighted by atomic mass is 9.87. The average molecular weight is 181 g/mol. The van der Waals surface area contributed by atoms with Crippen LogP contribution in [0.25, 0.3) is 0 Å². The van der Waals surface area contributed by atoms with E-state index in [1.165, 1.54) is 38.6 Å². The Morgan fingerprint density at radius 3 is 2.38 bits per heavy atom. The van der Waals surface area contributed by atoms with Crippen molar-refractivity contribution in [1.82, 2.24) is 4.90 Å². The Balaban J connectivity index is 1.89. The maximum absolute atomic E-state index is 2.78. The maximum atomic E-state index is 2.78. The predicted octanol–water partition coefficient (Wildman–Crippen LogP) is 3.05. The summed E-state index contributed by atoms with van der Waals surface area (Å²) < 4.78 is 0. The molecule has 76 valence electrons. The van der Waals surface area contributed by atoms with Gasteiger partial charge in [-0.1, -0.05) is 20.8 Å². The van der Waals surface area contributed by atoms with Crippen LogP contribution in [0.5, 0.6) is 0 Å². The quantitative estimate of drug-likeness (QED) is 0.633. The van der Waals surface area contributed by atoms with Crippen LogP contribution in [0.4, 0.5) is 0 Å². The van der Waals surface area contributed by atoms with Crippen molar-refractivity contribution in [3.63, 3.8) is 0 Å². The molecule has 0 spiro atoms. The van der Waals surface area contributed by atoms with Crippen LogP contribution < -0.4 is 0 Å². The van der Waals surface area contributed by atoms with E-state index < -0.39 is 0 Å². The number of nitrogens with zero attached hydrogens (tertiary/aromatic N) is 1. The van der Waals surface area contributed by atoms with E-state index in [0.29, 0.717) is 5.41 Å². The summed E-state index contributed by atoms with van der Waals surface area (Å²) >= 11 is 0. The molecule has 1 aliphatic carbocycles. The van der Waals surface area contributed by atoms with Gasteiger partial charge >= 0.3 is 0 Å². The summed E-state index contributed by atoms with van der Waals surface area (Å²) in [7, 11) is 0. The highest BCUT2D eigenvalue weighted by atomic mass is 15.2. The Morgan fingerprint density at radius 1 is 1.15 bits per heavy atom. The van der Waals surface area contributed by atoms with Crippen molar-refractivity contribution in [2.75, 3.05) is 6.54 Å². The fourth-order valence-corrected chi connectivity index (χ4v) is 2.67. The first kappa shape index (κ1) is 9.51. The van der Waals surface area contributed by atoms with Crippen molar-refractivity contribution < 1.29 is 0 Å². The lowest BCUT2D eigenvalue weighted by Gasteiger charge is -2.30. The van der Waals surface area contributed by atoms with E-state index in [0.717, 1.165) is 12.1 Å². The van der Waals surface area contributed by atoms with E-state index in [-0.39, 0.29) is 0 Å². The second-order valence-corrected chi connectivity index (χ2v) is 6.03. The molecular weight excluding hydrogens is 158 g/mol. The minimum atomic E-state index is 0.516. The summed E-state index contributed by atoms with van der Waals surface area (Å²) in [5.41, 5.74) is 0.516. The minimum Gasteiger partial charge on any atom is -0.297 e. The monoisotopic (exact) mass is 181 g/mol. The van der Waals surface area contributed by atoms with Gasteiger partial charge in [0.2, 0.25) is 0 Å². The van der Waals surface area contributed by atoms with E-state index in [4.69, 9.17) is 0 Å². The fourth-order valence-electron chi connectivity index (χ4n) is 2.67. The molecule has 1 aliphatic heterocycles. The van der Waals surface area contributed by atoms with Gasteiger partial charge in [0.1, 0.15) is 0 Å². The number of rotatable bonds is 2. The molecule has 0 aromatic heterocycles.